The second-order valence-corrected chi connectivity index (χ2v) is 5.68. The highest BCUT2D eigenvalue weighted by Crippen LogP contribution is 2.31. The Bertz CT molecular complexity index is 411. The summed E-state index contributed by atoms with van der Waals surface area (Å²) in [5, 5.41) is 9.52. The van der Waals surface area contributed by atoms with E-state index in [-0.39, 0.29) is 6.10 Å². The van der Waals surface area contributed by atoms with E-state index >= 15 is 0 Å². The van der Waals surface area contributed by atoms with Crippen LogP contribution in [0.5, 0.6) is 5.75 Å². The van der Waals surface area contributed by atoms with Gasteiger partial charge in [0.25, 0.3) is 0 Å². The Morgan fingerprint density at radius 1 is 1.37 bits per heavy atom. The number of likely N-dealkylation sites (N-methyl/N-ethyl adjacent to an activating group) is 1. The first-order valence-corrected chi connectivity index (χ1v) is 7.31. The van der Waals surface area contributed by atoms with Crippen molar-refractivity contribution in [3.63, 3.8) is 0 Å². The smallest absolute Gasteiger partial charge is 0.123 e. The lowest BCUT2D eigenvalue weighted by Crippen LogP contribution is -2.32. The van der Waals surface area contributed by atoms with E-state index in [2.05, 4.69) is 11.9 Å². The van der Waals surface area contributed by atoms with Crippen LogP contribution in [0, 0.1) is 0 Å². The fraction of sp³-hybridized carbons (Fsp3) is 0.600. The number of aliphatic hydroxyl groups is 1. The molecule has 3 nitrogen and oxygen atoms in total. The normalized spacial score (nSPS) is 17.6. The molecule has 1 aromatic carbocycles. The van der Waals surface area contributed by atoms with Gasteiger partial charge in [0.1, 0.15) is 11.9 Å². The van der Waals surface area contributed by atoms with Crippen molar-refractivity contribution in [1.29, 1.82) is 0 Å². The molecule has 0 aromatic heterocycles. The summed E-state index contributed by atoms with van der Waals surface area (Å²) in [6.07, 6.45) is 4.29. The van der Waals surface area contributed by atoms with Crippen molar-refractivity contribution in [2.75, 3.05) is 26.7 Å². The van der Waals surface area contributed by atoms with Gasteiger partial charge in [-0.2, -0.15) is 0 Å². The van der Waals surface area contributed by atoms with Crippen molar-refractivity contribution in [3.8, 4) is 5.75 Å². The molecule has 0 spiro atoms. The summed E-state index contributed by atoms with van der Waals surface area (Å²) in [5.41, 5.74) is 1.21. The molecule has 0 amide bonds. The van der Waals surface area contributed by atoms with E-state index in [1.165, 1.54) is 5.56 Å². The SMILES string of the molecule is CN(CCCCCO)CC1Cc2cc(Cl)ccc2O1. The zero-order valence-corrected chi connectivity index (χ0v) is 12.2. The molecule has 0 saturated carbocycles. The summed E-state index contributed by atoms with van der Waals surface area (Å²) >= 11 is 5.99. The third kappa shape index (κ3) is 4.37. The van der Waals surface area contributed by atoms with E-state index in [0.29, 0.717) is 6.61 Å². The van der Waals surface area contributed by atoms with Crippen molar-refractivity contribution in [2.24, 2.45) is 0 Å². The maximum absolute atomic E-state index is 8.74. The lowest BCUT2D eigenvalue weighted by molar-refractivity contribution is 0.166. The van der Waals surface area contributed by atoms with Gasteiger partial charge in [0.2, 0.25) is 0 Å². The van der Waals surface area contributed by atoms with Crippen LogP contribution < -0.4 is 4.74 Å². The van der Waals surface area contributed by atoms with E-state index in [9.17, 15) is 0 Å². The highest BCUT2D eigenvalue weighted by Gasteiger charge is 2.23. The Kier molecular flexibility index (Phi) is 5.49. The summed E-state index contributed by atoms with van der Waals surface area (Å²) in [5.74, 6) is 0.975. The zero-order valence-electron chi connectivity index (χ0n) is 11.4. The summed E-state index contributed by atoms with van der Waals surface area (Å²) in [7, 11) is 2.12. The number of nitrogens with zero attached hydrogens (tertiary/aromatic N) is 1. The van der Waals surface area contributed by atoms with Gasteiger partial charge >= 0.3 is 0 Å². The van der Waals surface area contributed by atoms with Crippen LogP contribution in [0.4, 0.5) is 0 Å². The molecule has 1 aliphatic heterocycles. The predicted molar refractivity (Wildman–Crippen MR) is 78.0 cm³/mol. The molecule has 0 aliphatic carbocycles. The molecule has 1 unspecified atom stereocenters. The number of hydrogen-bond acceptors (Lipinski definition) is 3. The molecule has 0 saturated heterocycles. The highest BCUT2D eigenvalue weighted by atomic mass is 35.5. The first kappa shape index (κ1) is 14.6. The lowest BCUT2D eigenvalue weighted by Gasteiger charge is -2.20. The number of halogens is 1. The number of unbranched alkanes of at least 4 members (excludes halogenated alkanes) is 2. The maximum atomic E-state index is 8.74. The third-order valence-electron chi connectivity index (χ3n) is 3.48. The largest absolute Gasteiger partial charge is 0.488 e. The van der Waals surface area contributed by atoms with Crippen molar-refractivity contribution in [1.82, 2.24) is 4.90 Å². The standard InChI is InChI=1S/C15H22ClNO2/c1-17(7-3-2-4-8-18)11-14-10-12-9-13(16)5-6-15(12)19-14/h5-6,9,14,18H,2-4,7-8,10-11H2,1H3. The zero-order chi connectivity index (χ0) is 13.7. The average molecular weight is 284 g/mol. The van der Waals surface area contributed by atoms with E-state index in [0.717, 1.165) is 49.5 Å². The van der Waals surface area contributed by atoms with Crippen LogP contribution in [0.2, 0.25) is 5.02 Å². The first-order valence-electron chi connectivity index (χ1n) is 6.93. The van der Waals surface area contributed by atoms with Gasteiger partial charge in [0, 0.05) is 24.6 Å². The molecule has 1 N–H and O–H groups in total. The van der Waals surface area contributed by atoms with Gasteiger partial charge in [-0.15, -0.1) is 0 Å². The molecule has 0 radical (unpaired) electrons. The van der Waals surface area contributed by atoms with E-state index < -0.39 is 0 Å². The second kappa shape index (κ2) is 7.13. The van der Waals surface area contributed by atoms with Crippen LogP contribution in [-0.2, 0) is 6.42 Å². The van der Waals surface area contributed by atoms with Crippen LogP contribution in [0.15, 0.2) is 18.2 Å². The molecule has 2 rings (SSSR count). The van der Waals surface area contributed by atoms with E-state index in [1.54, 1.807) is 0 Å². The minimum absolute atomic E-state index is 0.233. The Morgan fingerprint density at radius 3 is 3.00 bits per heavy atom. The van der Waals surface area contributed by atoms with Crippen LogP contribution in [-0.4, -0.2) is 42.9 Å². The summed E-state index contributed by atoms with van der Waals surface area (Å²) in [4.78, 5) is 2.30. The van der Waals surface area contributed by atoms with E-state index in [4.69, 9.17) is 21.4 Å². The number of aliphatic hydroxyl groups excluding tert-OH is 1. The molecule has 1 aromatic rings. The Balaban J connectivity index is 1.74. The number of hydrogen-bond donors (Lipinski definition) is 1. The Labute approximate surface area is 120 Å². The maximum Gasteiger partial charge on any atom is 0.123 e. The molecule has 19 heavy (non-hydrogen) atoms. The predicted octanol–water partition coefficient (Wildman–Crippen LogP) is 2.74. The van der Waals surface area contributed by atoms with Gasteiger partial charge in [-0.25, -0.2) is 0 Å². The van der Waals surface area contributed by atoms with Gasteiger partial charge < -0.3 is 14.7 Å². The van der Waals surface area contributed by atoms with Crippen molar-refractivity contribution in [2.45, 2.75) is 31.8 Å². The topological polar surface area (TPSA) is 32.7 Å². The molecular weight excluding hydrogens is 262 g/mol. The Morgan fingerprint density at radius 2 is 2.21 bits per heavy atom. The second-order valence-electron chi connectivity index (χ2n) is 5.24. The van der Waals surface area contributed by atoms with Crippen LogP contribution in [0.1, 0.15) is 24.8 Å². The number of benzene rings is 1. The lowest BCUT2D eigenvalue weighted by atomic mass is 10.1. The van der Waals surface area contributed by atoms with E-state index in [1.807, 2.05) is 18.2 Å². The van der Waals surface area contributed by atoms with Crippen LogP contribution >= 0.6 is 11.6 Å². The molecule has 106 valence electrons. The quantitative estimate of drug-likeness (QED) is 0.781. The molecule has 4 heteroatoms. The fourth-order valence-corrected chi connectivity index (χ4v) is 2.69. The van der Waals surface area contributed by atoms with Crippen molar-refractivity contribution in [3.05, 3.63) is 28.8 Å². The molecule has 0 fully saturated rings. The van der Waals surface area contributed by atoms with Crippen LogP contribution in [0.25, 0.3) is 0 Å². The molecule has 1 atom stereocenters. The minimum Gasteiger partial charge on any atom is -0.488 e. The third-order valence-corrected chi connectivity index (χ3v) is 3.71. The molecular formula is C15H22ClNO2. The number of ether oxygens (including phenoxy) is 1. The monoisotopic (exact) mass is 283 g/mol. The fourth-order valence-electron chi connectivity index (χ4n) is 2.50. The summed E-state index contributed by atoms with van der Waals surface area (Å²) in [6, 6.07) is 5.83. The molecule has 0 bridgehead atoms. The van der Waals surface area contributed by atoms with Crippen molar-refractivity contribution >= 4 is 11.6 Å². The average Bonchev–Trinajstić information content (AvgIpc) is 2.76. The molecule has 1 heterocycles. The number of fused-ring (bicyclic) bond motifs is 1. The van der Waals surface area contributed by atoms with Crippen molar-refractivity contribution < 1.29 is 9.84 Å². The van der Waals surface area contributed by atoms with Gasteiger partial charge in [0.05, 0.1) is 0 Å². The van der Waals surface area contributed by atoms with Crippen LogP contribution in [0.3, 0.4) is 0 Å². The van der Waals surface area contributed by atoms with Gasteiger partial charge in [-0.05, 0) is 56.6 Å². The minimum atomic E-state index is 0.233. The van der Waals surface area contributed by atoms with Gasteiger partial charge in [-0.3, -0.25) is 0 Å². The number of rotatable bonds is 7. The van der Waals surface area contributed by atoms with Gasteiger partial charge in [0.15, 0.2) is 0 Å². The highest BCUT2D eigenvalue weighted by molar-refractivity contribution is 6.30. The summed E-state index contributed by atoms with van der Waals surface area (Å²) in [6.45, 7) is 2.29. The van der Waals surface area contributed by atoms with Gasteiger partial charge in [-0.1, -0.05) is 11.6 Å². The summed E-state index contributed by atoms with van der Waals surface area (Å²) < 4.78 is 5.92. The first-order chi connectivity index (χ1) is 9.19. The Hall–Kier alpha value is -0.770. The molecule has 1 aliphatic rings.